The van der Waals surface area contributed by atoms with E-state index in [0.29, 0.717) is 28.5 Å². The van der Waals surface area contributed by atoms with Crippen molar-refractivity contribution in [3.8, 4) is 11.5 Å². The minimum absolute atomic E-state index is 0.0157. The number of carbonyl (C=O) groups excluding carboxylic acids is 1. The highest BCUT2D eigenvalue weighted by Crippen LogP contribution is 2.37. The van der Waals surface area contributed by atoms with Crippen molar-refractivity contribution in [2.45, 2.75) is 31.8 Å². The van der Waals surface area contributed by atoms with Crippen LogP contribution in [-0.2, 0) is 4.74 Å². The van der Waals surface area contributed by atoms with Crippen LogP contribution in [0.3, 0.4) is 0 Å². The summed E-state index contributed by atoms with van der Waals surface area (Å²) in [5, 5.41) is 0.331. The second kappa shape index (κ2) is 6.95. The van der Waals surface area contributed by atoms with Gasteiger partial charge in [-0.15, -0.1) is 0 Å². The predicted molar refractivity (Wildman–Crippen MR) is 77.1 cm³/mol. The molecule has 5 heteroatoms. The van der Waals surface area contributed by atoms with E-state index < -0.39 is 0 Å². The largest absolute Gasteiger partial charge is 0.495 e. The first-order chi connectivity index (χ1) is 9.67. The fourth-order valence-electron chi connectivity index (χ4n) is 2.41. The molecule has 1 aliphatic heterocycles. The first-order valence-corrected chi connectivity index (χ1v) is 7.10. The van der Waals surface area contributed by atoms with Gasteiger partial charge in [-0.3, -0.25) is 4.79 Å². The Kier molecular flexibility index (Phi) is 5.26. The monoisotopic (exact) mass is 298 g/mol. The van der Waals surface area contributed by atoms with Gasteiger partial charge in [0.2, 0.25) is 0 Å². The maximum Gasteiger partial charge on any atom is 0.166 e. The van der Waals surface area contributed by atoms with Gasteiger partial charge in [-0.25, -0.2) is 0 Å². The molecule has 110 valence electrons. The molecule has 20 heavy (non-hydrogen) atoms. The lowest BCUT2D eigenvalue weighted by Gasteiger charge is -2.13. The Labute approximate surface area is 124 Å². The van der Waals surface area contributed by atoms with E-state index in [4.69, 9.17) is 25.8 Å². The number of hydrogen-bond acceptors (Lipinski definition) is 4. The quantitative estimate of drug-likeness (QED) is 0.754. The summed E-state index contributed by atoms with van der Waals surface area (Å²) in [7, 11) is 3.02. The van der Waals surface area contributed by atoms with Gasteiger partial charge in [-0.05, 0) is 31.4 Å². The van der Waals surface area contributed by atoms with E-state index in [0.717, 1.165) is 25.9 Å². The Bertz CT molecular complexity index is 481. The Morgan fingerprint density at radius 2 is 2.20 bits per heavy atom. The molecule has 0 bridgehead atoms. The van der Waals surface area contributed by atoms with Crippen molar-refractivity contribution in [1.82, 2.24) is 0 Å². The minimum Gasteiger partial charge on any atom is -0.495 e. The van der Waals surface area contributed by atoms with Crippen molar-refractivity contribution in [1.29, 1.82) is 0 Å². The van der Waals surface area contributed by atoms with Crippen LogP contribution in [0.25, 0.3) is 0 Å². The Balaban J connectivity index is 2.10. The molecule has 4 nitrogen and oxygen atoms in total. The number of rotatable bonds is 6. The van der Waals surface area contributed by atoms with Crippen LogP contribution in [0.5, 0.6) is 11.5 Å². The van der Waals surface area contributed by atoms with Crippen LogP contribution in [0.1, 0.15) is 36.0 Å². The SMILES string of the molecule is COc1ccc(C(=O)CCC2CCCO2)c(OC)c1Cl. The third-order valence-electron chi connectivity index (χ3n) is 3.50. The highest BCUT2D eigenvalue weighted by molar-refractivity contribution is 6.34. The van der Waals surface area contributed by atoms with Crippen molar-refractivity contribution >= 4 is 17.4 Å². The highest BCUT2D eigenvalue weighted by atomic mass is 35.5. The highest BCUT2D eigenvalue weighted by Gasteiger charge is 2.21. The first-order valence-electron chi connectivity index (χ1n) is 6.72. The zero-order valence-corrected chi connectivity index (χ0v) is 12.5. The van der Waals surface area contributed by atoms with Gasteiger partial charge in [0.15, 0.2) is 11.5 Å². The molecule has 1 heterocycles. The molecule has 0 aliphatic carbocycles. The molecule has 2 rings (SSSR count). The van der Waals surface area contributed by atoms with Crippen LogP contribution in [0.4, 0.5) is 0 Å². The average molecular weight is 299 g/mol. The van der Waals surface area contributed by atoms with E-state index in [2.05, 4.69) is 0 Å². The zero-order chi connectivity index (χ0) is 14.5. The molecule has 1 aliphatic rings. The maximum absolute atomic E-state index is 12.3. The molecule has 1 fully saturated rings. The standard InChI is InChI=1S/C15H19ClO4/c1-18-13-8-6-11(15(19-2)14(13)16)12(17)7-5-10-4-3-9-20-10/h6,8,10H,3-5,7,9H2,1-2H3. The summed E-state index contributed by atoms with van der Waals surface area (Å²) in [5.41, 5.74) is 0.497. The molecular weight excluding hydrogens is 280 g/mol. The molecule has 1 unspecified atom stereocenters. The number of ketones is 1. The first kappa shape index (κ1) is 15.1. The summed E-state index contributed by atoms with van der Waals surface area (Å²) in [4.78, 5) is 12.3. The van der Waals surface area contributed by atoms with Gasteiger partial charge in [0.1, 0.15) is 10.8 Å². The molecule has 0 spiro atoms. The predicted octanol–water partition coefficient (Wildman–Crippen LogP) is 3.50. The molecule has 0 N–H and O–H groups in total. The average Bonchev–Trinajstić information content (AvgIpc) is 2.97. The van der Waals surface area contributed by atoms with Gasteiger partial charge >= 0.3 is 0 Å². The Hall–Kier alpha value is -1.26. The van der Waals surface area contributed by atoms with Crippen LogP contribution in [0.15, 0.2) is 12.1 Å². The van der Waals surface area contributed by atoms with E-state index in [1.165, 1.54) is 14.2 Å². The van der Waals surface area contributed by atoms with Crippen LogP contribution in [0, 0.1) is 0 Å². The number of ether oxygens (including phenoxy) is 3. The lowest BCUT2D eigenvalue weighted by molar-refractivity contribution is 0.0857. The van der Waals surface area contributed by atoms with Crippen LogP contribution in [-0.4, -0.2) is 32.7 Å². The lowest BCUT2D eigenvalue weighted by Crippen LogP contribution is -2.10. The smallest absolute Gasteiger partial charge is 0.166 e. The molecule has 0 aromatic heterocycles. The number of Topliss-reactive ketones (excluding diaryl/α,β-unsaturated/α-hetero) is 1. The molecule has 1 aromatic rings. The van der Waals surface area contributed by atoms with Gasteiger partial charge in [0.25, 0.3) is 0 Å². The molecule has 0 amide bonds. The third kappa shape index (κ3) is 3.25. The second-order valence-electron chi connectivity index (χ2n) is 4.76. The van der Waals surface area contributed by atoms with Crippen molar-refractivity contribution in [2.24, 2.45) is 0 Å². The molecule has 1 aromatic carbocycles. The summed E-state index contributed by atoms with van der Waals surface area (Å²) >= 11 is 6.16. The van der Waals surface area contributed by atoms with Crippen molar-refractivity contribution < 1.29 is 19.0 Å². The summed E-state index contributed by atoms with van der Waals surface area (Å²) in [6.07, 6.45) is 3.50. The van der Waals surface area contributed by atoms with Crippen molar-refractivity contribution in [3.63, 3.8) is 0 Å². The van der Waals surface area contributed by atoms with E-state index in [1.807, 2.05) is 0 Å². The van der Waals surface area contributed by atoms with Crippen LogP contribution in [0.2, 0.25) is 5.02 Å². The van der Waals surface area contributed by atoms with Gasteiger partial charge in [-0.2, -0.15) is 0 Å². The Morgan fingerprint density at radius 3 is 2.80 bits per heavy atom. The van der Waals surface area contributed by atoms with Gasteiger partial charge in [0, 0.05) is 13.0 Å². The molecule has 0 saturated carbocycles. The van der Waals surface area contributed by atoms with Crippen molar-refractivity contribution in [3.05, 3.63) is 22.7 Å². The maximum atomic E-state index is 12.3. The number of hydrogen-bond donors (Lipinski definition) is 0. The fraction of sp³-hybridized carbons (Fsp3) is 0.533. The van der Waals surface area contributed by atoms with Crippen molar-refractivity contribution in [2.75, 3.05) is 20.8 Å². The topological polar surface area (TPSA) is 44.8 Å². The summed E-state index contributed by atoms with van der Waals surface area (Å²) in [5.74, 6) is 0.893. The summed E-state index contributed by atoms with van der Waals surface area (Å²) in [6, 6.07) is 3.38. The number of carbonyl (C=O) groups is 1. The van der Waals surface area contributed by atoms with E-state index in [1.54, 1.807) is 12.1 Å². The zero-order valence-electron chi connectivity index (χ0n) is 11.8. The van der Waals surface area contributed by atoms with E-state index in [9.17, 15) is 4.79 Å². The Morgan fingerprint density at radius 1 is 1.40 bits per heavy atom. The molecule has 1 saturated heterocycles. The summed E-state index contributed by atoms with van der Waals surface area (Å²) < 4.78 is 15.9. The normalized spacial score (nSPS) is 18.1. The number of halogens is 1. The molecule has 0 radical (unpaired) electrons. The van der Waals surface area contributed by atoms with E-state index in [-0.39, 0.29) is 11.9 Å². The van der Waals surface area contributed by atoms with E-state index >= 15 is 0 Å². The van der Waals surface area contributed by atoms with Gasteiger partial charge < -0.3 is 14.2 Å². The number of benzene rings is 1. The number of methoxy groups -OCH3 is 2. The molecular formula is C15H19ClO4. The third-order valence-corrected chi connectivity index (χ3v) is 3.86. The second-order valence-corrected chi connectivity index (χ2v) is 5.14. The minimum atomic E-state index is 0.0157. The lowest BCUT2D eigenvalue weighted by atomic mass is 10.0. The van der Waals surface area contributed by atoms with Crippen LogP contribution >= 0.6 is 11.6 Å². The fourth-order valence-corrected chi connectivity index (χ4v) is 2.73. The van der Waals surface area contributed by atoms with Crippen LogP contribution < -0.4 is 9.47 Å². The summed E-state index contributed by atoms with van der Waals surface area (Å²) in [6.45, 7) is 0.802. The van der Waals surface area contributed by atoms with Gasteiger partial charge in [-0.1, -0.05) is 11.6 Å². The van der Waals surface area contributed by atoms with Gasteiger partial charge in [0.05, 0.1) is 25.9 Å². The molecule has 1 atom stereocenters.